The van der Waals surface area contributed by atoms with Gasteiger partial charge in [0.2, 0.25) is 5.91 Å². The van der Waals surface area contributed by atoms with Crippen molar-refractivity contribution < 1.29 is 19.1 Å². The quantitative estimate of drug-likeness (QED) is 0.415. The summed E-state index contributed by atoms with van der Waals surface area (Å²) in [6, 6.07) is 19.3. The maximum Gasteiger partial charge on any atom is 0.316 e. The Morgan fingerprint density at radius 2 is 1.71 bits per heavy atom. The van der Waals surface area contributed by atoms with Gasteiger partial charge in [0, 0.05) is 24.2 Å². The van der Waals surface area contributed by atoms with E-state index < -0.39 is 18.5 Å². The van der Waals surface area contributed by atoms with Crippen LogP contribution < -0.4 is 0 Å². The zero-order chi connectivity index (χ0) is 21.6. The number of likely N-dealkylation sites (tertiary alicyclic amines) is 1. The minimum Gasteiger partial charge on any atom is -0.455 e. The van der Waals surface area contributed by atoms with Gasteiger partial charge in [0.05, 0.1) is 5.75 Å². The predicted molar refractivity (Wildman–Crippen MR) is 114 cm³/mol. The lowest BCUT2D eigenvalue weighted by Gasteiger charge is -2.13. The summed E-state index contributed by atoms with van der Waals surface area (Å²) in [6.07, 6.45) is 1.00. The molecule has 1 aliphatic rings. The zero-order valence-corrected chi connectivity index (χ0v) is 17.5. The second kappa shape index (κ2) is 9.57. The third-order valence-corrected chi connectivity index (χ3v) is 5.63. The smallest absolute Gasteiger partial charge is 0.316 e. The molecule has 9 heteroatoms. The molecule has 1 saturated heterocycles. The number of carbonyl (C=O) groups excluding carboxylic acids is 3. The summed E-state index contributed by atoms with van der Waals surface area (Å²) in [6.45, 7) is -0.0574. The molecule has 0 spiro atoms. The maximum absolute atomic E-state index is 12.2. The molecule has 3 aromatic rings. The van der Waals surface area contributed by atoms with Gasteiger partial charge < -0.3 is 4.74 Å². The van der Waals surface area contributed by atoms with E-state index in [1.165, 1.54) is 11.8 Å². The van der Waals surface area contributed by atoms with Gasteiger partial charge in [-0.15, -0.1) is 10.2 Å². The van der Waals surface area contributed by atoms with Crippen LogP contribution in [0.2, 0.25) is 0 Å². The Bertz CT molecular complexity index is 1090. The van der Waals surface area contributed by atoms with E-state index in [9.17, 15) is 14.4 Å². The lowest BCUT2D eigenvalue weighted by Crippen LogP contribution is -2.35. The molecule has 1 aromatic heterocycles. The molecule has 1 fully saturated rings. The number of rotatable bonds is 7. The Kier molecular flexibility index (Phi) is 6.42. The van der Waals surface area contributed by atoms with E-state index in [1.807, 2.05) is 65.2 Å². The topological polar surface area (TPSA) is 94.4 Å². The average molecular weight is 436 g/mol. The van der Waals surface area contributed by atoms with E-state index in [-0.39, 0.29) is 11.7 Å². The third kappa shape index (κ3) is 4.83. The standard InChI is InChI=1S/C22H20N4O4S/c27-18-12-7-13-25(18)19(28)14-30-20(29)15-31-22-24-23-21(16-8-3-1-4-9-16)26(22)17-10-5-2-6-11-17/h1-6,8-11H,7,12-15H2. The van der Waals surface area contributed by atoms with E-state index in [4.69, 9.17) is 4.74 Å². The van der Waals surface area contributed by atoms with Crippen LogP contribution in [0.4, 0.5) is 0 Å². The monoisotopic (exact) mass is 436 g/mol. The number of aromatic nitrogens is 3. The van der Waals surface area contributed by atoms with Crippen LogP contribution in [-0.2, 0) is 19.1 Å². The van der Waals surface area contributed by atoms with Crippen molar-refractivity contribution in [1.82, 2.24) is 19.7 Å². The highest BCUT2D eigenvalue weighted by molar-refractivity contribution is 7.99. The Hall–Kier alpha value is -3.46. The fraction of sp³-hybridized carbons (Fsp3) is 0.227. The number of imide groups is 1. The number of carbonyl (C=O) groups is 3. The van der Waals surface area contributed by atoms with Crippen molar-refractivity contribution in [2.24, 2.45) is 0 Å². The summed E-state index contributed by atoms with van der Waals surface area (Å²) in [5, 5.41) is 9.11. The summed E-state index contributed by atoms with van der Waals surface area (Å²) in [5.41, 5.74) is 1.76. The fourth-order valence-electron chi connectivity index (χ4n) is 3.24. The highest BCUT2D eigenvalue weighted by Gasteiger charge is 2.27. The van der Waals surface area contributed by atoms with Crippen LogP contribution in [0.25, 0.3) is 17.1 Å². The van der Waals surface area contributed by atoms with E-state index in [2.05, 4.69) is 10.2 Å². The van der Waals surface area contributed by atoms with E-state index in [1.54, 1.807) is 0 Å². The van der Waals surface area contributed by atoms with Crippen molar-refractivity contribution in [3.05, 3.63) is 60.7 Å². The van der Waals surface area contributed by atoms with Crippen LogP contribution in [0.5, 0.6) is 0 Å². The summed E-state index contributed by atoms with van der Waals surface area (Å²) < 4.78 is 6.94. The van der Waals surface area contributed by atoms with Gasteiger partial charge in [-0.3, -0.25) is 23.9 Å². The minimum absolute atomic E-state index is 0.0407. The first-order chi connectivity index (χ1) is 15.1. The summed E-state index contributed by atoms with van der Waals surface area (Å²) in [5.74, 6) is -0.653. The SMILES string of the molecule is O=C(CSc1nnc(-c2ccccc2)n1-c1ccccc1)OCC(=O)N1CCCC1=O. The van der Waals surface area contributed by atoms with Gasteiger partial charge in [0.15, 0.2) is 17.6 Å². The lowest BCUT2D eigenvalue weighted by atomic mass is 10.2. The Labute approximate surface area is 183 Å². The normalized spacial score (nSPS) is 13.4. The van der Waals surface area contributed by atoms with Gasteiger partial charge in [-0.1, -0.05) is 60.3 Å². The van der Waals surface area contributed by atoms with Gasteiger partial charge in [-0.25, -0.2) is 0 Å². The molecular formula is C22H20N4O4S. The van der Waals surface area contributed by atoms with E-state index in [0.717, 1.165) is 16.2 Å². The van der Waals surface area contributed by atoms with Crippen LogP contribution in [0.15, 0.2) is 65.8 Å². The number of ether oxygens (including phenoxy) is 1. The fourth-order valence-corrected chi connectivity index (χ4v) is 3.99. The van der Waals surface area contributed by atoms with Crippen molar-refractivity contribution in [3.63, 3.8) is 0 Å². The molecule has 0 bridgehead atoms. The maximum atomic E-state index is 12.2. The molecule has 8 nitrogen and oxygen atoms in total. The van der Waals surface area contributed by atoms with Gasteiger partial charge in [-0.2, -0.15) is 0 Å². The molecule has 4 rings (SSSR count). The largest absolute Gasteiger partial charge is 0.455 e. The van der Waals surface area contributed by atoms with Crippen LogP contribution in [0.1, 0.15) is 12.8 Å². The lowest BCUT2D eigenvalue weighted by molar-refractivity contribution is -0.153. The average Bonchev–Trinajstić information content (AvgIpc) is 3.43. The molecule has 1 aliphatic heterocycles. The molecule has 0 aliphatic carbocycles. The van der Waals surface area contributed by atoms with Gasteiger partial charge in [0.25, 0.3) is 5.91 Å². The molecule has 0 radical (unpaired) electrons. The Morgan fingerprint density at radius 3 is 2.39 bits per heavy atom. The first-order valence-corrected chi connectivity index (χ1v) is 10.8. The second-order valence-electron chi connectivity index (χ2n) is 6.84. The van der Waals surface area contributed by atoms with Crippen LogP contribution in [-0.4, -0.2) is 56.4 Å². The van der Waals surface area contributed by atoms with E-state index >= 15 is 0 Å². The van der Waals surface area contributed by atoms with Crippen LogP contribution in [0, 0.1) is 0 Å². The number of thioether (sulfide) groups is 1. The molecule has 2 aromatic carbocycles. The molecule has 2 heterocycles. The van der Waals surface area contributed by atoms with Crippen molar-refractivity contribution >= 4 is 29.5 Å². The number of nitrogens with zero attached hydrogens (tertiary/aromatic N) is 4. The molecule has 0 unspecified atom stereocenters. The van der Waals surface area contributed by atoms with Crippen LogP contribution >= 0.6 is 11.8 Å². The predicted octanol–water partition coefficient (Wildman–Crippen LogP) is 2.72. The summed E-state index contributed by atoms with van der Waals surface area (Å²) in [7, 11) is 0. The number of hydrogen-bond acceptors (Lipinski definition) is 7. The molecule has 2 amide bonds. The van der Waals surface area contributed by atoms with Crippen molar-refractivity contribution in [3.8, 4) is 17.1 Å². The Morgan fingerprint density at radius 1 is 1.00 bits per heavy atom. The Balaban J connectivity index is 1.45. The summed E-state index contributed by atoms with van der Waals surface area (Å²) >= 11 is 1.17. The number of amides is 2. The van der Waals surface area contributed by atoms with E-state index in [0.29, 0.717) is 30.4 Å². The van der Waals surface area contributed by atoms with Crippen molar-refractivity contribution in [1.29, 1.82) is 0 Å². The van der Waals surface area contributed by atoms with Crippen molar-refractivity contribution in [2.75, 3.05) is 18.9 Å². The highest BCUT2D eigenvalue weighted by atomic mass is 32.2. The number of hydrogen-bond donors (Lipinski definition) is 0. The van der Waals surface area contributed by atoms with Gasteiger partial charge >= 0.3 is 5.97 Å². The van der Waals surface area contributed by atoms with Gasteiger partial charge in [0.1, 0.15) is 0 Å². The molecule has 158 valence electrons. The number of benzene rings is 2. The third-order valence-electron chi connectivity index (χ3n) is 4.73. The van der Waals surface area contributed by atoms with Crippen molar-refractivity contribution in [2.45, 2.75) is 18.0 Å². The number of para-hydroxylation sites is 1. The zero-order valence-electron chi connectivity index (χ0n) is 16.6. The second-order valence-corrected chi connectivity index (χ2v) is 7.78. The molecular weight excluding hydrogens is 416 g/mol. The van der Waals surface area contributed by atoms with Crippen LogP contribution in [0.3, 0.4) is 0 Å². The van der Waals surface area contributed by atoms with Gasteiger partial charge in [-0.05, 0) is 18.6 Å². The minimum atomic E-state index is -0.561. The molecule has 31 heavy (non-hydrogen) atoms. The molecule has 0 atom stereocenters. The molecule has 0 saturated carbocycles. The first-order valence-electron chi connectivity index (χ1n) is 9.81. The highest BCUT2D eigenvalue weighted by Crippen LogP contribution is 2.27. The number of esters is 1. The molecule has 0 N–H and O–H groups in total. The first kappa shape index (κ1) is 20.8. The summed E-state index contributed by atoms with van der Waals surface area (Å²) in [4.78, 5) is 37.0.